The number of rotatable bonds is 7. The fraction of sp³-hybridized carbons (Fsp3) is 0.286. The summed E-state index contributed by atoms with van der Waals surface area (Å²) >= 11 is 0. The number of nitrogens with one attached hydrogen (secondary N) is 1. The molecule has 3 aromatic carbocycles. The van der Waals surface area contributed by atoms with Crippen molar-refractivity contribution in [2.45, 2.75) is 4.90 Å². The molecule has 0 amide bonds. The molecule has 1 fully saturated rings. The third kappa shape index (κ3) is 4.91. The lowest BCUT2D eigenvalue weighted by Gasteiger charge is -2.34. The number of methoxy groups -OCH3 is 2. The summed E-state index contributed by atoms with van der Waals surface area (Å²) in [6.07, 6.45) is 0. The second-order valence-corrected chi connectivity index (χ2v) is 11.2. The molecule has 11 nitrogen and oxygen atoms in total. The topological polar surface area (TPSA) is 115 Å². The number of aromatic nitrogens is 2. The van der Waals surface area contributed by atoms with Crippen LogP contribution in [-0.2, 0) is 10.0 Å². The lowest BCUT2D eigenvalue weighted by Crippen LogP contribution is -2.49. The number of hydrogen-bond donors (Lipinski definition) is 1. The first-order valence-corrected chi connectivity index (χ1v) is 14.3. The van der Waals surface area contributed by atoms with Crippen molar-refractivity contribution in [1.82, 2.24) is 14.3 Å². The highest BCUT2D eigenvalue weighted by Gasteiger charge is 2.31. The predicted molar refractivity (Wildman–Crippen MR) is 151 cm³/mol. The zero-order chi connectivity index (χ0) is 27.7. The molecule has 0 aliphatic carbocycles. The average Bonchev–Trinajstić information content (AvgIpc) is 3.01. The molecule has 0 spiro atoms. The van der Waals surface area contributed by atoms with E-state index in [0.717, 1.165) is 16.6 Å². The summed E-state index contributed by atoms with van der Waals surface area (Å²) in [5.74, 6) is 3.44. The number of ether oxygens (including phenoxy) is 4. The maximum atomic E-state index is 13.4. The summed E-state index contributed by atoms with van der Waals surface area (Å²) in [5, 5.41) is 4.24. The number of anilines is 3. The van der Waals surface area contributed by atoms with E-state index in [4.69, 9.17) is 28.9 Å². The van der Waals surface area contributed by atoms with E-state index in [-0.39, 0.29) is 4.90 Å². The Labute approximate surface area is 232 Å². The molecule has 6 rings (SSSR count). The van der Waals surface area contributed by atoms with Crippen LogP contribution < -0.4 is 29.2 Å². The van der Waals surface area contributed by atoms with Crippen LogP contribution in [0.2, 0.25) is 0 Å². The zero-order valence-electron chi connectivity index (χ0n) is 22.2. The number of hydrogen-bond acceptors (Lipinski definition) is 10. The molecule has 2 aliphatic heterocycles. The van der Waals surface area contributed by atoms with Crippen molar-refractivity contribution < 1.29 is 27.4 Å². The third-order valence-electron chi connectivity index (χ3n) is 6.93. The van der Waals surface area contributed by atoms with Crippen molar-refractivity contribution >= 4 is 38.4 Å². The maximum absolute atomic E-state index is 13.4. The van der Waals surface area contributed by atoms with Gasteiger partial charge in [-0.2, -0.15) is 9.29 Å². The van der Waals surface area contributed by atoms with E-state index in [2.05, 4.69) is 5.32 Å². The molecule has 0 saturated carbocycles. The van der Waals surface area contributed by atoms with Gasteiger partial charge in [-0.15, -0.1) is 0 Å². The lowest BCUT2D eigenvalue weighted by atomic mass is 10.2. The van der Waals surface area contributed by atoms with Crippen LogP contribution in [0.15, 0.2) is 65.6 Å². The molecule has 12 heteroatoms. The molecule has 0 radical (unpaired) electrons. The predicted octanol–water partition coefficient (Wildman–Crippen LogP) is 3.67. The normalized spacial score (nSPS) is 15.6. The van der Waals surface area contributed by atoms with Gasteiger partial charge in [0.1, 0.15) is 30.5 Å². The van der Waals surface area contributed by atoms with E-state index < -0.39 is 10.0 Å². The van der Waals surface area contributed by atoms with Crippen LogP contribution >= 0.6 is 0 Å². The summed E-state index contributed by atoms with van der Waals surface area (Å²) in [5.41, 5.74) is 1.50. The van der Waals surface area contributed by atoms with E-state index in [1.807, 2.05) is 41.3 Å². The van der Waals surface area contributed by atoms with Crippen LogP contribution in [-0.4, -0.2) is 76.3 Å². The number of fused-ring (bicyclic) bond motifs is 2. The van der Waals surface area contributed by atoms with Crippen LogP contribution in [0.5, 0.6) is 23.0 Å². The molecule has 40 heavy (non-hydrogen) atoms. The molecule has 2 aliphatic rings. The maximum Gasteiger partial charge on any atom is 0.243 e. The highest BCUT2D eigenvalue weighted by Crippen LogP contribution is 2.35. The third-order valence-corrected chi connectivity index (χ3v) is 8.82. The molecule has 1 N–H and O–H groups in total. The van der Waals surface area contributed by atoms with Crippen LogP contribution in [0.1, 0.15) is 0 Å². The molecular weight excluding hydrogens is 534 g/mol. The van der Waals surface area contributed by atoms with E-state index in [1.165, 1.54) is 10.4 Å². The number of benzene rings is 3. The summed E-state index contributed by atoms with van der Waals surface area (Å²) in [7, 11) is -0.501. The van der Waals surface area contributed by atoms with Crippen molar-refractivity contribution in [3.8, 4) is 23.0 Å². The summed E-state index contributed by atoms with van der Waals surface area (Å²) in [4.78, 5) is 11.8. The minimum atomic E-state index is -3.70. The molecule has 4 aromatic rings. The smallest absolute Gasteiger partial charge is 0.243 e. The van der Waals surface area contributed by atoms with Crippen molar-refractivity contribution in [3.05, 3.63) is 60.7 Å². The first-order valence-electron chi connectivity index (χ1n) is 12.9. The van der Waals surface area contributed by atoms with Gasteiger partial charge in [-0.05, 0) is 36.4 Å². The fourth-order valence-electron chi connectivity index (χ4n) is 4.79. The van der Waals surface area contributed by atoms with Crippen molar-refractivity contribution in [2.24, 2.45) is 0 Å². The first kappa shape index (κ1) is 26.0. The summed E-state index contributed by atoms with van der Waals surface area (Å²) in [6.45, 7) is 2.30. The van der Waals surface area contributed by atoms with E-state index in [0.29, 0.717) is 74.2 Å². The molecular formula is C28H29N5O6S. The van der Waals surface area contributed by atoms with E-state index in [1.54, 1.807) is 32.4 Å². The molecule has 0 bridgehead atoms. The highest BCUT2D eigenvalue weighted by atomic mass is 32.2. The molecule has 0 unspecified atom stereocenters. The Morgan fingerprint density at radius 1 is 0.850 bits per heavy atom. The number of sulfonamides is 1. The second kappa shape index (κ2) is 10.7. The lowest BCUT2D eigenvalue weighted by molar-refractivity contribution is 0.171. The van der Waals surface area contributed by atoms with Gasteiger partial charge in [0, 0.05) is 43.7 Å². The van der Waals surface area contributed by atoms with Gasteiger partial charge in [-0.25, -0.2) is 13.4 Å². The van der Waals surface area contributed by atoms with Gasteiger partial charge in [0.15, 0.2) is 11.5 Å². The Kier molecular flexibility index (Phi) is 6.95. The average molecular weight is 564 g/mol. The molecule has 208 valence electrons. The van der Waals surface area contributed by atoms with Gasteiger partial charge in [0.25, 0.3) is 0 Å². The minimum Gasteiger partial charge on any atom is -0.497 e. The monoisotopic (exact) mass is 563 g/mol. The summed E-state index contributed by atoms with van der Waals surface area (Å²) < 4.78 is 50.3. The Balaban J connectivity index is 1.24. The quantitative estimate of drug-likeness (QED) is 0.357. The molecule has 1 aromatic heterocycles. The standard InChI is InChI=1S/C28H29N5O6S/c1-36-19-7-9-23(25(17-19)37-2)29-27-21-5-3-4-6-22(21)30-28(31-27)32-11-13-33(14-12-32)40(34,35)20-8-10-24-26(18-20)39-16-15-38-24/h3-10,17-18H,11-16H2,1-2H3,(H,29,30,31). The van der Waals surface area contributed by atoms with Gasteiger partial charge < -0.3 is 29.2 Å². The van der Waals surface area contributed by atoms with Crippen LogP contribution in [0.3, 0.4) is 0 Å². The highest BCUT2D eigenvalue weighted by molar-refractivity contribution is 7.89. The largest absolute Gasteiger partial charge is 0.497 e. The molecule has 1 saturated heterocycles. The zero-order valence-corrected chi connectivity index (χ0v) is 23.0. The number of piperazine rings is 1. The Hall–Kier alpha value is -4.29. The minimum absolute atomic E-state index is 0.187. The van der Waals surface area contributed by atoms with Gasteiger partial charge in [0.05, 0.1) is 30.3 Å². The van der Waals surface area contributed by atoms with Crippen molar-refractivity contribution in [1.29, 1.82) is 0 Å². The van der Waals surface area contributed by atoms with E-state index in [9.17, 15) is 8.42 Å². The fourth-order valence-corrected chi connectivity index (χ4v) is 6.23. The van der Waals surface area contributed by atoms with Crippen LogP contribution in [0.4, 0.5) is 17.5 Å². The van der Waals surface area contributed by atoms with Gasteiger partial charge in [-0.1, -0.05) is 12.1 Å². The van der Waals surface area contributed by atoms with Crippen molar-refractivity contribution in [3.63, 3.8) is 0 Å². The van der Waals surface area contributed by atoms with Crippen LogP contribution in [0, 0.1) is 0 Å². The SMILES string of the molecule is COc1ccc(Nc2nc(N3CCN(S(=O)(=O)c4ccc5c(c4)OCCO5)CC3)nc3ccccc23)c(OC)c1. The van der Waals surface area contributed by atoms with Gasteiger partial charge >= 0.3 is 0 Å². The molecule has 3 heterocycles. The van der Waals surface area contributed by atoms with Gasteiger partial charge in [0.2, 0.25) is 16.0 Å². The Morgan fingerprint density at radius 3 is 2.40 bits per heavy atom. The molecule has 0 atom stereocenters. The second-order valence-electron chi connectivity index (χ2n) is 9.28. The number of nitrogens with zero attached hydrogens (tertiary/aromatic N) is 4. The Morgan fingerprint density at radius 2 is 1.62 bits per heavy atom. The number of para-hydroxylation sites is 1. The first-order chi connectivity index (χ1) is 19.5. The van der Waals surface area contributed by atoms with Crippen LogP contribution in [0.25, 0.3) is 10.9 Å². The van der Waals surface area contributed by atoms with E-state index >= 15 is 0 Å². The summed E-state index contributed by atoms with van der Waals surface area (Å²) in [6, 6.07) is 18.0. The van der Waals surface area contributed by atoms with Crippen molar-refractivity contribution in [2.75, 3.05) is 63.8 Å². The van der Waals surface area contributed by atoms with Gasteiger partial charge in [-0.3, -0.25) is 0 Å². The Bertz CT molecular complexity index is 1660.